The first-order valence-corrected chi connectivity index (χ1v) is 7.76. The van der Waals surface area contributed by atoms with Gasteiger partial charge in [-0.05, 0) is 43.0 Å². The molecule has 1 N–H and O–H groups in total. The highest BCUT2D eigenvalue weighted by atomic mass is 15.2. The second-order valence-electron chi connectivity index (χ2n) is 6.07. The number of nitrogens with zero attached hydrogens (tertiary/aromatic N) is 2. The molecule has 3 nitrogen and oxygen atoms in total. The molecule has 3 rings (SSSR count). The van der Waals surface area contributed by atoms with E-state index >= 15 is 0 Å². The third-order valence-electron chi connectivity index (χ3n) is 4.83. The summed E-state index contributed by atoms with van der Waals surface area (Å²) >= 11 is 0. The van der Waals surface area contributed by atoms with Crippen LogP contribution in [0.3, 0.4) is 0 Å². The largest absolute Gasteiger partial charge is 0.370 e. The van der Waals surface area contributed by atoms with Crippen LogP contribution in [-0.2, 0) is 6.42 Å². The summed E-state index contributed by atoms with van der Waals surface area (Å²) < 4.78 is 0. The van der Waals surface area contributed by atoms with Crippen molar-refractivity contribution in [2.75, 3.05) is 25.0 Å². The molecule has 2 heterocycles. The van der Waals surface area contributed by atoms with Crippen molar-refractivity contribution in [3.63, 3.8) is 0 Å². The lowest BCUT2D eigenvalue weighted by atomic mass is 9.88. The van der Waals surface area contributed by atoms with Gasteiger partial charge in [-0.3, -0.25) is 0 Å². The molecule has 0 aliphatic carbocycles. The van der Waals surface area contributed by atoms with Crippen LogP contribution < -0.4 is 10.2 Å². The van der Waals surface area contributed by atoms with Gasteiger partial charge in [0.2, 0.25) is 0 Å². The highest BCUT2D eigenvalue weighted by Gasteiger charge is 2.39. The first-order chi connectivity index (χ1) is 9.76. The van der Waals surface area contributed by atoms with Gasteiger partial charge in [0.15, 0.2) is 0 Å². The number of aryl methyl sites for hydroxylation is 1. The van der Waals surface area contributed by atoms with Crippen LogP contribution in [0, 0.1) is 11.3 Å². The van der Waals surface area contributed by atoms with Crippen LogP contribution in [0.1, 0.15) is 48.8 Å². The van der Waals surface area contributed by atoms with E-state index in [2.05, 4.69) is 42.4 Å². The minimum atomic E-state index is 0.553. The molecule has 106 valence electrons. The number of nitrogens with one attached hydrogen (secondary N) is 1. The summed E-state index contributed by atoms with van der Waals surface area (Å²) in [4.78, 5) is 2.35. The molecule has 0 saturated carbocycles. The van der Waals surface area contributed by atoms with E-state index in [-0.39, 0.29) is 0 Å². The number of benzene rings is 1. The molecule has 3 heteroatoms. The Balaban J connectivity index is 2.03. The summed E-state index contributed by atoms with van der Waals surface area (Å²) in [5, 5.41) is 13.0. The van der Waals surface area contributed by atoms with Crippen LogP contribution >= 0.6 is 0 Å². The maximum Gasteiger partial charge on any atom is 0.101 e. The molecule has 0 amide bonds. The SMILES string of the molecule is CCCCc1cc(C#N)c2c(c1)[C@@H]1CNCC[C@@H]1N2C. The zero-order valence-electron chi connectivity index (χ0n) is 12.4. The normalized spacial score (nSPS) is 24.1. The van der Waals surface area contributed by atoms with E-state index in [1.54, 1.807) is 0 Å². The average molecular weight is 269 g/mol. The minimum Gasteiger partial charge on any atom is -0.370 e. The molecule has 0 spiro atoms. The Hall–Kier alpha value is -1.53. The van der Waals surface area contributed by atoms with E-state index < -0.39 is 0 Å². The highest BCUT2D eigenvalue weighted by Crippen LogP contribution is 2.44. The van der Waals surface area contributed by atoms with Gasteiger partial charge in [0.1, 0.15) is 6.07 Å². The Bertz CT molecular complexity index is 544. The molecule has 1 aromatic rings. The molecule has 1 fully saturated rings. The summed E-state index contributed by atoms with van der Waals surface area (Å²) in [5.41, 5.74) is 4.79. The zero-order chi connectivity index (χ0) is 14.1. The van der Waals surface area contributed by atoms with Crippen molar-refractivity contribution in [3.8, 4) is 6.07 Å². The van der Waals surface area contributed by atoms with Gasteiger partial charge in [-0.1, -0.05) is 19.4 Å². The van der Waals surface area contributed by atoms with Gasteiger partial charge >= 0.3 is 0 Å². The fraction of sp³-hybridized carbons (Fsp3) is 0.588. The lowest BCUT2D eigenvalue weighted by Gasteiger charge is -2.31. The number of rotatable bonds is 3. The van der Waals surface area contributed by atoms with Gasteiger partial charge in [-0.25, -0.2) is 0 Å². The van der Waals surface area contributed by atoms with Crippen LogP contribution in [0.15, 0.2) is 12.1 Å². The molecule has 0 unspecified atom stereocenters. The number of anilines is 1. The molecule has 1 saturated heterocycles. The van der Waals surface area contributed by atoms with Crippen LogP contribution in [0.5, 0.6) is 0 Å². The Morgan fingerprint density at radius 2 is 2.30 bits per heavy atom. The first kappa shape index (κ1) is 13.5. The Labute approximate surface area is 121 Å². The highest BCUT2D eigenvalue weighted by molar-refractivity contribution is 5.71. The van der Waals surface area contributed by atoms with E-state index in [0.29, 0.717) is 12.0 Å². The molecule has 0 radical (unpaired) electrons. The molecule has 0 bridgehead atoms. The molecular formula is C17H23N3. The third kappa shape index (κ3) is 2.09. The zero-order valence-corrected chi connectivity index (χ0v) is 12.4. The van der Waals surface area contributed by atoms with E-state index in [1.807, 2.05) is 0 Å². The number of piperidine rings is 1. The maximum absolute atomic E-state index is 9.51. The summed E-state index contributed by atoms with van der Waals surface area (Å²) in [7, 11) is 2.15. The quantitative estimate of drug-likeness (QED) is 0.917. The van der Waals surface area contributed by atoms with Crippen molar-refractivity contribution >= 4 is 5.69 Å². The monoisotopic (exact) mass is 269 g/mol. The molecule has 20 heavy (non-hydrogen) atoms. The van der Waals surface area contributed by atoms with E-state index in [0.717, 1.165) is 25.1 Å². The Kier molecular flexibility index (Phi) is 3.67. The number of unbranched alkanes of at least 4 members (excludes halogenated alkanes) is 1. The van der Waals surface area contributed by atoms with Crippen molar-refractivity contribution in [1.82, 2.24) is 5.32 Å². The van der Waals surface area contributed by atoms with Gasteiger partial charge in [-0.2, -0.15) is 5.26 Å². The van der Waals surface area contributed by atoms with Gasteiger partial charge in [0.25, 0.3) is 0 Å². The van der Waals surface area contributed by atoms with E-state index in [1.165, 1.54) is 36.1 Å². The van der Waals surface area contributed by atoms with Crippen LogP contribution in [0.2, 0.25) is 0 Å². The number of fused-ring (bicyclic) bond motifs is 3. The van der Waals surface area contributed by atoms with Crippen LogP contribution in [0.25, 0.3) is 0 Å². The fourth-order valence-corrected chi connectivity index (χ4v) is 3.80. The van der Waals surface area contributed by atoms with Gasteiger partial charge < -0.3 is 10.2 Å². The van der Waals surface area contributed by atoms with Crippen molar-refractivity contribution in [3.05, 3.63) is 28.8 Å². The lowest BCUT2D eigenvalue weighted by Crippen LogP contribution is -2.42. The predicted molar refractivity (Wildman–Crippen MR) is 82.2 cm³/mol. The van der Waals surface area contributed by atoms with Crippen molar-refractivity contribution in [2.24, 2.45) is 0 Å². The van der Waals surface area contributed by atoms with Gasteiger partial charge in [0.05, 0.1) is 11.3 Å². The average Bonchev–Trinajstić information content (AvgIpc) is 2.78. The summed E-state index contributed by atoms with van der Waals surface area (Å²) in [5.74, 6) is 0.553. The molecular weight excluding hydrogens is 246 g/mol. The second kappa shape index (κ2) is 5.46. The topological polar surface area (TPSA) is 39.1 Å². The van der Waals surface area contributed by atoms with Crippen molar-refractivity contribution < 1.29 is 0 Å². The lowest BCUT2D eigenvalue weighted by molar-refractivity contribution is 0.413. The Morgan fingerprint density at radius 3 is 3.05 bits per heavy atom. The number of hydrogen-bond donors (Lipinski definition) is 1. The molecule has 2 atom stereocenters. The van der Waals surface area contributed by atoms with Crippen molar-refractivity contribution in [2.45, 2.75) is 44.6 Å². The summed E-state index contributed by atoms with van der Waals surface area (Å²) in [6.07, 6.45) is 4.66. The van der Waals surface area contributed by atoms with E-state index in [4.69, 9.17) is 0 Å². The summed E-state index contributed by atoms with van der Waals surface area (Å²) in [6, 6.07) is 7.46. The smallest absolute Gasteiger partial charge is 0.101 e. The number of likely N-dealkylation sites (N-methyl/N-ethyl adjacent to an activating group) is 1. The van der Waals surface area contributed by atoms with E-state index in [9.17, 15) is 5.26 Å². The Morgan fingerprint density at radius 1 is 1.45 bits per heavy atom. The molecule has 0 aromatic heterocycles. The molecule has 1 aromatic carbocycles. The maximum atomic E-state index is 9.51. The second-order valence-corrected chi connectivity index (χ2v) is 6.07. The number of nitriles is 1. The van der Waals surface area contributed by atoms with Crippen molar-refractivity contribution in [1.29, 1.82) is 5.26 Å². The first-order valence-electron chi connectivity index (χ1n) is 7.76. The summed E-state index contributed by atoms with van der Waals surface area (Å²) in [6.45, 7) is 4.35. The standard InChI is InChI=1S/C17H23N3/c1-3-4-5-12-8-13(10-18)17-14(9-12)15-11-19-7-6-16(15)20(17)2/h8-9,15-16,19H,3-7,11H2,1-2H3/t15-,16-/m0/s1. The van der Waals surface area contributed by atoms with Crippen LogP contribution in [-0.4, -0.2) is 26.2 Å². The fourth-order valence-electron chi connectivity index (χ4n) is 3.80. The number of hydrogen-bond acceptors (Lipinski definition) is 3. The molecule has 2 aliphatic rings. The minimum absolute atomic E-state index is 0.553. The predicted octanol–water partition coefficient (Wildman–Crippen LogP) is 2.80. The van der Waals surface area contributed by atoms with Gasteiger partial charge in [0, 0.05) is 25.6 Å². The van der Waals surface area contributed by atoms with Gasteiger partial charge in [-0.15, -0.1) is 0 Å². The molecule has 2 aliphatic heterocycles. The third-order valence-corrected chi connectivity index (χ3v) is 4.83. The van der Waals surface area contributed by atoms with Crippen LogP contribution in [0.4, 0.5) is 5.69 Å².